The number of nitrogens with zero attached hydrogens (tertiary/aromatic N) is 2. The molecule has 1 aromatic rings. The maximum absolute atomic E-state index is 12.9. The number of benzene rings is 1. The van der Waals surface area contributed by atoms with Crippen LogP contribution >= 0.6 is 0 Å². The van der Waals surface area contributed by atoms with E-state index >= 15 is 0 Å². The van der Waals surface area contributed by atoms with Crippen molar-refractivity contribution >= 4 is 5.91 Å². The summed E-state index contributed by atoms with van der Waals surface area (Å²) in [5.74, 6) is -1.46. The highest BCUT2D eigenvalue weighted by Crippen LogP contribution is 2.32. The lowest BCUT2D eigenvalue weighted by atomic mass is 9.97. The Balaban J connectivity index is 1.38. The summed E-state index contributed by atoms with van der Waals surface area (Å²) < 4.78 is 38.7. The number of amides is 1. The molecule has 2 fully saturated rings. The van der Waals surface area contributed by atoms with Crippen LogP contribution in [-0.4, -0.2) is 60.6 Å². The number of hydrogen-bond donors (Lipinski definition) is 1. The summed E-state index contributed by atoms with van der Waals surface area (Å²) in [5, 5.41) is 3.02. The van der Waals surface area contributed by atoms with Crippen molar-refractivity contribution < 1.29 is 18.0 Å². The summed E-state index contributed by atoms with van der Waals surface area (Å²) in [6.45, 7) is 3.31. The molecule has 1 atom stereocenters. The van der Waals surface area contributed by atoms with Crippen molar-refractivity contribution in [2.75, 3.05) is 32.7 Å². The Kier molecular flexibility index (Phi) is 6.76. The molecule has 2 heterocycles. The molecule has 150 valence electrons. The van der Waals surface area contributed by atoms with Crippen molar-refractivity contribution in [3.8, 4) is 0 Å². The number of hydrogen-bond acceptors (Lipinski definition) is 3. The van der Waals surface area contributed by atoms with Gasteiger partial charge in [0.05, 0.1) is 12.5 Å². The molecule has 0 aliphatic carbocycles. The van der Waals surface area contributed by atoms with Gasteiger partial charge in [-0.05, 0) is 37.8 Å². The first-order valence-corrected chi connectivity index (χ1v) is 9.75. The average Bonchev–Trinajstić information content (AvgIpc) is 2.64. The van der Waals surface area contributed by atoms with Crippen LogP contribution in [0.3, 0.4) is 0 Å². The summed E-state index contributed by atoms with van der Waals surface area (Å²) in [5.41, 5.74) is 1.28. The highest BCUT2D eigenvalue weighted by atomic mass is 19.4. The topological polar surface area (TPSA) is 35.6 Å². The molecule has 0 bridgehead atoms. The first-order chi connectivity index (χ1) is 12.9. The van der Waals surface area contributed by atoms with Crippen LogP contribution in [0.1, 0.15) is 31.2 Å². The van der Waals surface area contributed by atoms with Gasteiger partial charge in [-0.1, -0.05) is 30.3 Å². The first kappa shape index (κ1) is 20.1. The van der Waals surface area contributed by atoms with E-state index in [9.17, 15) is 18.0 Å². The van der Waals surface area contributed by atoms with Crippen LogP contribution in [0.4, 0.5) is 13.2 Å². The fraction of sp³-hybridized carbons (Fsp3) is 0.650. The van der Waals surface area contributed by atoms with Gasteiger partial charge in [0.15, 0.2) is 0 Å². The molecule has 0 spiro atoms. The van der Waals surface area contributed by atoms with E-state index in [0.717, 1.165) is 32.5 Å². The Bertz CT molecular complexity index is 600. The Labute approximate surface area is 158 Å². The number of piperidine rings is 2. The van der Waals surface area contributed by atoms with Crippen LogP contribution in [-0.2, 0) is 11.3 Å². The molecule has 1 unspecified atom stereocenters. The Morgan fingerprint density at radius 3 is 2.41 bits per heavy atom. The van der Waals surface area contributed by atoms with Gasteiger partial charge in [0.1, 0.15) is 0 Å². The average molecular weight is 383 g/mol. The molecule has 0 saturated carbocycles. The van der Waals surface area contributed by atoms with E-state index in [1.165, 1.54) is 5.56 Å². The molecule has 2 saturated heterocycles. The van der Waals surface area contributed by atoms with Gasteiger partial charge in [0.25, 0.3) is 0 Å². The van der Waals surface area contributed by atoms with Gasteiger partial charge in [-0.15, -0.1) is 0 Å². The van der Waals surface area contributed by atoms with E-state index < -0.39 is 12.1 Å². The van der Waals surface area contributed by atoms with Crippen molar-refractivity contribution in [3.63, 3.8) is 0 Å². The van der Waals surface area contributed by atoms with Gasteiger partial charge in [-0.3, -0.25) is 14.6 Å². The van der Waals surface area contributed by atoms with E-state index in [0.29, 0.717) is 13.0 Å². The van der Waals surface area contributed by atoms with E-state index in [4.69, 9.17) is 0 Å². The van der Waals surface area contributed by atoms with E-state index in [-0.39, 0.29) is 31.5 Å². The molecule has 1 amide bonds. The van der Waals surface area contributed by atoms with Crippen molar-refractivity contribution in [2.45, 2.75) is 44.4 Å². The van der Waals surface area contributed by atoms with Crippen LogP contribution < -0.4 is 5.32 Å². The molecule has 1 aromatic carbocycles. The smallest absolute Gasteiger partial charge is 0.352 e. The zero-order chi connectivity index (χ0) is 19.3. The zero-order valence-electron chi connectivity index (χ0n) is 15.5. The Hall–Kier alpha value is -1.60. The molecule has 7 heteroatoms. The number of nitrogens with one attached hydrogen (secondary N) is 1. The minimum atomic E-state index is -4.17. The van der Waals surface area contributed by atoms with Crippen molar-refractivity contribution in [1.82, 2.24) is 15.1 Å². The quantitative estimate of drug-likeness (QED) is 0.849. The maximum atomic E-state index is 12.9. The number of alkyl halides is 3. The Morgan fingerprint density at radius 1 is 1.04 bits per heavy atom. The third-order valence-corrected chi connectivity index (χ3v) is 5.54. The molecule has 4 nitrogen and oxygen atoms in total. The SMILES string of the molecule is O=C(CN1CCCC(C(F)(F)F)C1)NC1CCN(Cc2ccccc2)CC1. The summed E-state index contributed by atoms with van der Waals surface area (Å²) in [6, 6.07) is 10.4. The molecule has 2 aliphatic heterocycles. The second-order valence-corrected chi connectivity index (χ2v) is 7.72. The fourth-order valence-electron chi connectivity index (χ4n) is 4.02. The van der Waals surface area contributed by atoms with Gasteiger partial charge in [0.2, 0.25) is 5.91 Å². The Morgan fingerprint density at radius 2 is 1.74 bits per heavy atom. The largest absolute Gasteiger partial charge is 0.393 e. The molecular formula is C20H28F3N3O. The number of halogens is 3. The number of likely N-dealkylation sites (tertiary alicyclic amines) is 2. The summed E-state index contributed by atoms with van der Waals surface area (Å²) in [6.07, 6.45) is -1.74. The van der Waals surface area contributed by atoms with Crippen LogP contribution in [0.2, 0.25) is 0 Å². The molecule has 3 rings (SSSR count). The van der Waals surface area contributed by atoms with E-state index in [1.54, 1.807) is 4.90 Å². The second-order valence-electron chi connectivity index (χ2n) is 7.72. The molecule has 0 radical (unpaired) electrons. The molecular weight excluding hydrogens is 355 g/mol. The van der Waals surface area contributed by atoms with Crippen molar-refractivity contribution in [1.29, 1.82) is 0 Å². The van der Waals surface area contributed by atoms with Crippen LogP contribution in [0.25, 0.3) is 0 Å². The van der Waals surface area contributed by atoms with E-state index in [1.807, 2.05) is 18.2 Å². The minimum Gasteiger partial charge on any atom is -0.352 e. The third kappa shape index (κ3) is 6.21. The van der Waals surface area contributed by atoms with Crippen LogP contribution in [0, 0.1) is 5.92 Å². The van der Waals surface area contributed by atoms with Crippen LogP contribution in [0.5, 0.6) is 0 Å². The van der Waals surface area contributed by atoms with Gasteiger partial charge >= 0.3 is 6.18 Å². The van der Waals surface area contributed by atoms with Gasteiger partial charge in [0, 0.05) is 32.2 Å². The van der Waals surface area contributed by atoms with Crippen molar-refractivity contribution in [3.05, 3.63) is 35.9 Å². The third-order valence-electron chi connectivity index (χ3n) is 5.54. The lowest BCUT2D eigenvalue weighted by Crippen LogP contribution is -2.49. The lowest BCUT2D eigenvalue weighted by Gasteiger charge is -2.35. The number of carbonyl (C=O) groups excluding carboxylic acids is 1. The highest BCUT2D eigenvalue weighted by molar-refractivity contribution is 5.78. The molecule has 2 aliphatic rings. The molecule has 1 N–H and O–H groups in total. The van der Waals surface area contributed by atoms with Crippen LogP contribution in [0.15, 0.2) is 30.3 Å². The number of carbonyl (C=O) groups is 1. The normalized spacial score (nSPS) is 23.3. The van der Waals surface area contributed by atoms with Gasteiger partial charge in [-0.2, -0.15) is 13.2 Å². The molecule has 0 aromatic heterocycles. The maximum Gasteiger partial charge on any atom is 0.393 e. The predicted molar refractivity (Wildman–Crippen MR) is 98.1 cm³/mol. The van der Waals surface area contributed by atoms with Gasteiger partial charge < -0.3 is 5.32 Å². The van der Waals surface area contributed by atoms with Gasteiger partial charge in [-0.25, -0.2) is 0 Å². The lowest BCUT2D eigenvalue weighted by molar-refractivity contribution is -0.187. The molecule has 27 heavy (non-hydrogen) atoms. The highest BCUT2D eigenvalue weighted by Gasteiger charge is 2.42. The number of rotatable bonds is 5. The summed E-state index contributed by atoms with van der Waals surface area (Å²) >= 11 is 0. The second kappa shape index (κ2) is 9.06. The first-order valence-electron chi connectivity index (χ1n) is 9.75. The fourth-order valence-corrected chi connectivity index (χ4v) is 4.02. The predicted octanol–water partition coefficient (Wildman–Crippen LogP) is 3.04. The standard InChI is InChI=1S/C20H28F3N3O/c21-20(22,23)17-7-4-10-26(14-17)15-19(27)24-18-8-11-25(12-9-18)13-16-5-2-1-3-6-16/h1-3,5-6,17-18H,4,7-15H2,(H,24,27). The zero-order valence-corrected chi connectivity index (χ0v) is 15.5. The van der Waals surface area contributed by atoms with E-state index in [2.05, 4.69) is 22.3 Å². The summed E-state index contributed by atoms with van der Waals surface area (Å²) in [4.78, 5) is 16.3. The van der Waals surface area contributed by atoms with Crippen molar-refractivity contribution in [2.24, 2.45) is 5.92 Å². The monoisotopic (exact) mass is 383 g/mol. The summed E-state index contributed by atoms with van der Waals surface area (Å²) in [7, 11) is 0. The minimum absolute atomic E-state index is 0.0631.